The van der Waals surface area contributed by atoms with Crippen molar-refractivity contribution < 1.29 is 4.74 Å². The van der Waals surface area contributed by atoms with Crippen LogP contribution in [0.15, 0.2) is 46.9 Å². The van der Waals surface area contributed by atoms with Crippen LogP contribution >= 0.6 is 27.5 Å². The summed E-state index contributed by atoms with van der Waals surface area (Å²) in [5, 5.41) is 0. The minimum atomic E-state index is 0.448. The average Bonchev–Trinajstić information content (AvgIpc) is 2.46. The smallest absolute Gasteiger partial charge is 0.138 e. The Balaban J connectivity index is 2.09. The van der Waals surface area contributed by atoms with Gasteiger partial charge in [0.1, 0.15) is 12.4 Å². The predicted octanol–water partition coefficient (Wildman–Crippen LogP) is 5.33. The van der Waals surface area contributed by atoms with E-state index in [4.69, 9.17) is 16.3 Å². The zero-order chi connectivity index (χ0) is 13.7. The summed E-state index contributed by atoms with van der Waals surface area (Å²) in [5.41, 5.74) is 3.50. The van der Waals surface area contributed by atoms with E-state index >= 15 is 0 Å². The molecule has 0 aliphatic rings. The fourth-order valence-corrected chi connectivity index (χ4v) is 2.58. The van der Waals surface area contributed by atoms with Crippen molar-refractivity contribution in [3.8, 4) is 5.75 Å². The molecule has 0 aliphatic heterocycles. The highest BCUT2D eigenvalue weighted by molar-refractivity contribution is 9.10. The lowest BCUT2D eigenvalue weighted by molar-refractivity contribution is 0.302. The molecule has 0 aliphatic carbocycles. The van der Waals surface area contributed by atoms with Crippen LogP contribution in [0.25, 0.3) is 0 Å². The van der Waals surface area contributed by atoms with E-state index < -0.39 is 0 Å². The second kappa shape index (κ2) is 6.97. The molecule has 2 aromatic rings. The van der Waals surface area contributed by atoms with E-state index in [-0.39, 0.29) is 0 Å². The van der Waals surface area contributed by atoms with Gasteiger partial charge in [0.15, 0.2) is 0 Å². The quantitative estimate of drug-likeness (QED) is 0.669. The van der Waals surface area contributed by atoms with Gasteiger partial charge < -0.3 is 4.74 Å². The Morgan fingerprint density at radius 2 is 1.74 bits per heavy atom. The van der Waals surface area contributed by atoms with E-state index in [0.29, 0.717) is 12.5 Å². The van der Waals surface area contributed by atoms with Crippen molar-refractivity contribution >= 4 is 27.5 Å². The summed E-state index contributed by atoms with van der Waals surface area (Å²) < 4.78 is 6.83. The first-order valence-corrected chi connectivity index (χ1v) is 7.61. The third-order valence-corrected chi connectivity index (χ3v) is 3.92. The number of para-hydroxylation sites is 1. The SMILES string of the molecule is CCc1ccc(COc2c(Br)cccc2CCl)cc1. The number of ether oxygens (including phenoxy) is 1. The lowest BCUT2D eigenvalue weighted by Gasteiger charge is -2.12. The Morgan fingerprint density at radius 3 is 2.37 bits per heavy atom. The minimum Gasteiger partial charge on any atom is -0.487 e. The maximum absolute atomic E-state index is 5.92. The summed E-state index contributed by atoms with van der Waals surface area (Å²) in [6, 6.07) is 14.4. The highest BCUT2D eigenvalue weighted by Gasteiger charge is 2.07. The molecule has 2 aromatic carbocycles. The van der Waals surface area contributed by atoms with E-state index in [0.717, 1.165) is 27.8 Å². The molecule has 0 saturated heterocycles. The van der Waals surface area contributed by atoms with E-state index in [2.05, 4.69) is 47.1 Å². The Hall–Kier alpha value is -0.990. The maximum Gasteiger partial charge on any atom is 0.138 e. The first-order valence-electron chi connectivity index (χ1n) is 6.28. The van der Waals surface area contributed by atoms with E-state index in [1.807, 2.05) is 18.2 Å². The Labute approximate surface area is 127 Å². The third-order valence-electron chi connectivity index (χ3n) is 3.01. The highest BCUT2D eigenvalue weighted by Crippen LogP contribution is 2.30. The number of hydrogen-bond acceptors (Lipinski definition) is 1. The summed E-state index contributed by atoms with van der Waals surface area (Å²) in [6.45, 7) is 2.70. The number of benzene rings is 2. The fraction of sp³-hybridized carbons (Fsp3) is 0.250. The van der Waals surface area contributed by atoms with Crippen molar-refractivity contribution in [2.45, 2.75) is 25.8 Å². The van der Waals surface area contributed by atoms with Crippen molar-refractivity contribution in [1.29, 1.82) is 0 Å². The Bertz CT molecular complexity index is 537. The van der Waals surface area contributed by atoms with Gasteiger partial charge in [-0.3, -0.25) is 0 Å². The molecule has 0 fully saturated rings. The van der Waals surface area contributed by atoms with Gasteiger partial charge >= 0.3 is 0 Å². The number of aryl methyl sites for hydroxylation is 1. The lowest BCUT2D eigenvalue weighted by Crippen LogP contribution is -1.99. The lowest BCUT2D eigenvalue weighted by atomic mass is 10.1. The molecule has 0 unspecified atom stereocenters. The number of hydrogen-bond donors (Lipinski definition) is 0. The second-order valence-electron chi connectivity index (χ2n) is 4.32. The standard InChI is InChI=1S/C16H16BrClO/c1-2-12-6-8-13(9-7-12)11-19-16-14(10-18)4-3-5-15(16)17/h3-9H,2,10-11H2,1H3. The molecule has 0 heterocycles. The van der Waals surface area contributed by atoms with Gasteiger partial charge in [-0.05, 0) is 39.5 Å². The molecule has 0 aromatic heterocycles. The zero-order valence-corrected chi connectivity index (χ0v) is 13.2. The molecule has 100 valence electrons. The van der Waals surface area contributed by atoms with Crippen molar-refractivity contribution in [1.82, 2.24) is 0 Å². The van der Waals surface area contributed by atoms with E-state index in [1.54, 1.807) is 0 Å². The van der Waals surface area contributed by atoms with Gasteiger partial charge in [0.25, 0.3) is 0 Å². The molecule has 3 heteroatoms. The molecule has 0 saturated carbocycles. The van der Waals surface area contributed by atoms with Crippen LogP contribution in [0.5, 0.6) is 5.75 Å². The summed E-state index contributed by atoms with van der Waals surface area (Å²) in [6.07, 6.45) is 1.06. The number of rotatable bonds is 5. The van der Waals surface area contributed by atoms with Gasteiger partial charge in [-0.2, -0.15) is 0 Å². The monoisotopic (exact) mass is 338 g/mol. The first kappa shape index (κ1) is 14.4. The summed E-state index contributed by atoms with van der Waals surface area (Å²) in [4.78, 5) is 0. The van der Waals surface area contributed by atoms with Crippen LogP contribution in [0.4, 0.5) is 0 Å². The average molecular weight is 340 g/mol. The van der Waals surface area contributed by atoms with Crippen LogP contribution < -0.4 is 4.74 Å². The Morgan fingerprint density at radius 1 is 1.05 bits per heavy atom. The Kier molecular flexibility index (Phi) is 5.29. The van der Waals surface area contributed by atoms with Crippen molar-refractivity contribution in [2.75, 3.05) is 0 Å². The highest BCUT2D eigenvalue weighted by atomic mass is 79.9. The zero-order valence-electron chi connectivity index (χ0n) is 10.8. The number of alkyl halides is 1. The van der Waals surface area contributed by atoms with Gasteiger partial charge in [0, 0.05) is 5.56 Å². The molecule has 0 bridgehead atoms. The second-order valence-corrected chi connectivity index (χ2v) is 5.44. The molecule has 0 spiro atoms. The summed E-state index contributed by atoms with van der Waals surface area (Å²) in [5.74, 6) is 1.28. The van der Waals surface area contributed by atoms with Crippen LogP contribution in [-0.4, -0.2) is 0 Å². The molecule has 0 radical (unpaired) electrons. The summed E-state index contributed by atoms with van der Waals surface area (Å²) >= 11 is 9.43. The van der Waals surface area contributed by atoms with Crippen molar-refractivity contribution in [3.05, 3.63) is 63.6 Å². The minimum absolute atomic E-state index is 0.448. The van der Waals surface area contributed by atoms with E-state index in [1.165, 1.54) is 5.56 Å². The maximum atomic E-state index is 5.92. The van der Waals surface area contributed by atoms with Crippen LogP contribution in [0.3, 0.4) is 0 Å². The first-order chi connectivity index (χ1) is 9.24. The summed E-state index contributed by atoms with van der Waals surface area (Å²) in [7, 11) is 0. The fourth-order valence-electron chi connectivity index (χ4n) is 1.85. The molecule has 19 heavy (non-hydrogen) atoms. The molecule has 1 nitrogen and oxygen atoms in total. The van der Waals surface area contributed by atoms with Gasteiger partial charge in [-0.15, -0.1) is 11.6 Å². The molecule has 0 N–H and O–H groups in total. The van der Waals surface area contributed by atoms with Crippen molar-refractivity contribution in [2.24, 2.45) is 0 Å². The largest absolute Gasteiger partial charge is 0.487 e. The molecule has 0 atom stereocenters. The molecular formula is C16H16BrClO. The van der Waals surface area contributed by atoms with Gasteiger partial charge in [0.2, 0.25) is 0 Å². The number of halogens is 2. The topological polar surface area (TPSA) is 9.23 Å². The van der Waals surface area contributed by atoms with Crippen LogP contribution in [0.1, 0.15) is 23.6 Å². The normalized spacial score (nSPS) is 10.5. The molecule has 0 amide bonds. The molecular weight excluding hydrogens is 324 g/mol. The van der Waals surface area contributed by atoms with Gasteiger partial charge in [0.05, 0.1) is 10.4 Å². The van der Waals surface area contributed by atoms with Gasteiger partial charge in [-0.1, -0.05) is 43.3 Å². The van der Waals surface area contributed by atoms with Crippen LogP contribution in [-0.2, 0) is 18.9 Å². The van der Waals surface area contributed by atoms with E-state index in [9.17, 15) is 0 Å². The predicted molar refractivity (Wildman–Crippen MR) is 83.9 cm³/mol. The van der Waals surface area contributed by atoms with Crippen LogP contribution in [0, 0.1) is 0 Å². The third kappa shape index (κ3) is 3.74. The molecule has 2 rings (SSSR count). The van der Waals surface area contributed by atoms with Crippen molar-refractivity contribution in [3.63, 3.8) is 0 Å². The van der Waals surface area contributed by atoms with Gasteiger partial charge in [-0.25, -0.2) is 0 Å². The van der Waals surface area contributed by atoms with Crippen LogP contribution in [0.2, 0.25) is 0 Å².